The summed E-state index contributed by atoms with van der Waals surface area (Å²) in [7, 11) is 0. The second kappa shape index (κ2) is 17.6. The highest BCUT2D eigenvalue weighted by Crippen LogP contribution is 2.11. The van der Waals surface area contributed by atoms with Gasteiger partial charge in [-0.05, 0) is 17.9 Å². The molecule has 176 valence electrons. The maximum atomic E-state index is 12.6. The van der Waals surface area contributed by atoms with Gasteiger partial charge in [-0.3, -0.25) is 0 Å². The molecule has 0 aliphatic carbocycles. The maximum absolute atomic E-state index is 12.6. The van der Waals surface area contributed by atoms with Gasteiger partial charge in [0, 0.05) is 6.42 Å². The highest BCUT2D eigenvalue weighted by atomic mass is 16.6. The predicted molar refractivity (Wildman–Crippen MR) is 126 cm³/mol. The molecular weight excluding hydrogens is 390 g/mol. The highest BCUT2D eigenvalue weighted by Gasteiger charge is 2.23. The second-order valence-corrected chi connectivity index (χ2v) is 8.73. The second-order valence-electron chi connectivity index (χ2n) is 8.73. The Morgan fingerprint density at radius 2 is 1.42 bits per heavy atom. The van der Waals surface area contributed by atoms with Crippen LogP contribution < -0.4 is 5.32 Å². The lowest BCUT2D eigenvalue weighted by atomic mass is 10.1. The third-order valence-electron chi connectivity index (χ3n) is 5.15. The molecule has 1 amide bonds. The number of hydrogen-bond donors (Lipinski definition) is 1. The van der Waals surface area contributed by atoms with Crippen molar-refractivity contribution in [3.05, 3.63) is 35.9 Å². The van der Waals surface area contributed by atoms with Crippen LogP contribution in [0.25, 0.3) is 0 Å². The molecule has 5 heteroatoms. The Balaban J connectivity index is 2.31. The molecule has 0 spiro atoms. The number of carbonyl (C=O) groups is 2. The van der Waals surface area contributed by atoms with Crippen molar-refractivity contribution in [1.29, 1.82) is 0 Å². The van der Waals surface area contributed by atoms with Crippen molar-refractivity contribution in [2.24, 2.45) is 5.92 Å². The van der Waals surface area contributed by atoms with Gasteiger partial charge in [-0.2, -0.15) is 0 Å². The van der Waals surface area contributed by atoms with E-state index in [2.05, 4.69) is 12.2 Å². The number of carbonyl (C=O) groups excluding carboxylic acids is 2. The van der Waals surface area contributed by atoms with Gasteiger partial charge in [-0.15, -0.1) is 0 Å². The monoisotopic (exact) mass is 433 g/mol. The van der Waals surface area contributed by atoms with Crippen LogP contribution in [0.5, 0.6) is 0 Å². The molecule has 0 bridgehead atoms. The molecule has 31 heavy (non-hydrogen) atoms. The van der Waals surface area contributed by atoms with Gasteiger partial charge in [-0.25, -0.2) is 9.59 Å². The van der Waals surface area contributed by atoms with Crippen LogP contribution >= 0.6 is 0 Å². The van der Waals surface area contributed by atoms with Crippen LogP contribution in [-0.2, 0) is 20.7 Å². The Labute approximate surface area is 189 Å². The molecule has 1 atom stereocenters. The van der Waals surface area contributed by atoms with Crippen LogP contribution in [0.4, 0.5) is 4.79 Å². The highest BCUT2D eigenvalue weighted by molar-refractivity contribution is 5.81. The van der Waals surface area contributed by atoms with Crippen molar-refractivity contribution in [3.63, 3.8) is 0 Å². The first kappa shape index (κ1) is 27.0. The zero-order chi connectivity index (χ0) is 22.7. The largest absolute Gasteiger partial charge is 0.464 e. The SMILES string of the molecule is CCCCCCCCCCCCOC(=O)[C@H](Cc1ccccc1)NC(=O)OCC(C)C. The molecule has 1 N–H and O–H groups in total. The van der Waals surface area contributed by atoms with Gasteiger partial charge in [0.05, 0.1) is 13.2 Å². The molecule has 0 saturated heterocycles. The molecule has 5 nitrogen and oxygen atoms in total. The molecule has 0 heterocycles. The summed E-state index contributed by atoms with van der Waals surface area (Å²) in [6.45, 7) is 6.89. The minimum absolute atomic E-state index is 0.238. The zero-order valence-electron chi connectivity index (χ0n) is 19.9. The zero-order valence-corrected chi connectivity index (χ0v) is 19.9. The third kappa shape index (κ3) is 14.6. The van der Waals surface area contributed by atoms with E-state index < -0.39 is 18.1 Å². The molecule has 1 rings (SSSR count). The smallest absolute Gasteiger partial charge is 0.407 e. The number of benzene rings is 1. The third-order valence-corrected chi connectivity index (χ3v) is 5.15. The van der Waals surface area contributed by atoms with Crippen molar-refractivity contribution in [1.82, 2.24) is 5.32 Å². The summed E-state index contributed by atoms with van der Waals surface area (Å²) in [6, 6.07) is 8.88. The molecule has 0 aromatic heterocycles. The molecule has 0 unspecified atom stereocenters. The first-order valence-electron chi connectivity index (χ1n) is 12.2. The topological polar surface area (TPSA) is 64.6 Å². The minimum Gasteiger partial charge on any atom is -0.464 e. The minimum atomic E-state index is -0.745. The Morgan fingerprint density at radius 3 is 2.00 bits per heavy atom. The van der Waals surface area contributed by atoms with E-state index >= 15 is 0 Å². The van der Waals surface area contributed by atoms with Gasteiger partial charge in [0.25, 0.3) is 0 Å². The fourth-order valence-electron chi connectivity index (χ4n) is 3.33. The number of esters is 1. The summed E-state index contributed by atoms with van der Waals surface area (Å²) in [5, 5.41) is 2.67. The first-order chi connectivity index (χ1) is 15.0. The molecule has 1 aromatic rings. The average molecular weight is 434 g/mol. The number of nitrogens with one attached hydrogen (secondary N) is 1. The summed E-state index contributed by atoms with van der Waals surface area (Å²) in [5.41, 5.74) is 0.965. The summed E-state index contributed by atoms with van der Waals surface area (Å²) in [6.07, 6.45) is 12.1. The molecule has 0 aliphatic heterocycles. The van der Waals surface area contributed by atoms with Crippen LogP contribution in [0.2, 0.25) is 0 Å². The lowest BCUT2D eigenvalue weighted by molar-refractivity contribution is -0.146. The first-order valence-corrected chi connectivity index (χ1v) is 12.2. The number of hydrogen-bond acceptors (Lipinski definition) is 4. The normalized spacial score (nSPS) is 11.9. The molecule has 1 aromatic carbocycles. The van der Waals surface area contributed by atoms with Crippen molar-refractivity contribution in [3.8, 4) is 0 Å². The molecule has 0 radical (unpaired) electrons. The van der Waals surface area contributed by atoms with Gasteiger partial charge in [-0.1, -0.05) is 109 Å². The van der Waals surface area contributed by atoms with Crippen LogP contribution in [-0.4, -0.2) is 31.3 Å². The predicted octanol–water partition coefficient (Wildman–Crippen LogP) is 6.44. The molecule has 0 fully saturated rings. The van der Waals surface area contributed by atoms with Crippen LogP contribution in [0.1, 0.15) is 90.5 Å². The fourth-order valence-corrected chi connectivity index (χ4v) is 3.33. The summed E-state index contributed by atoms with van der Waals surface area (Å²) in [5.74, 6) is -0.164. The lowest BCUT2D eigenvalue weighted by Gasteiger charge is -2.18. The summed E-state index contributed by atoms with van der Waals surface area (Å²) < 4.78 is 10.6. The standard InChI is InChI=1S/C26H43NO4/c1-4-5-6-7-8-9-10-11-12-16-19-30-25(28)24(20-23-17-14-13-15-18-23)27-26(29)31-21-22(2)3/h13-15,17-18,22,24H,4-12,16,19-21H2,1-3H3,(H,27,29)/t24-/m0/s1. The number of ether oxygens (including phenoxy) is 2. The van der Waals surface area contributed by atoms with E-state index in [1.54, 1.807) is 0 Å². The van der Waals surface area contributed by atoms with E-state index in [-0.39, 0.29) is 5.92 Å². The van der Waals surface area contributed by atoms with Gasteiger partial charge >= 0.3 is 12.1 Å². The van der Waals surface area contributed by atoms with Crippen LogP contribution in [0.3, 0.4) is 0 Å². The van der Waals surface area contributed by atoms with Crippen LogP contribution in [0, 0.1) is 5.92 Å². The fraction of sp³-hybridized carbons (Fsp3) is 0.692. The lowest BCUT2D eigenvalue weighted by Crippen LogP contribution is -2.44. The molecule has 0 saturated carbocycles. The van der Waals surface area contributed by atoms with E-state index in [0.29, 0.717) is 19.6 Å². The Bertz CT molecular complexity index is 588. The quantitative estimate of drug-likeness (QED) is 0.227. The van der Waals surface area contributed by atoms with Gasteiger partial charge in [0.1, 0.15) is 6.04 Å². The Morgan fingerprint density at radius 1 is 0.839 bits per heavy atom. The van der Waals surface area contributed by atoms with Gasteiger partial charge < -0.3 is 14.8 Å². The van der Waals surface area contributed by atoms with E-state index in [9.17, 15) is 9.59 Å². The number of unbranched alkanes of at least 4 members (excludes halogenated alkanes) is 9. The van der Waals surface area contributed by atoms with E-state index in [1.807, 2.05) is 44.2 Å². The van der Waals surface area contributed by atoms with Gasteiger partial charge in [0.15, 0.2) is 0 Å². The van der Waals surface area contributed by atoms with Crippen molar-refractivity contribution in [2.75, 3.05) is 13.2 Å². The summed E-state index contributed by atoms with van der Waals surface area (Å²) in [4.78, 5) is 24.7. The van der Waals surface area contributed by atoms with Crippen molar-refractivity contribution >= 4 is 12.1 Å². The Hall–Kier alpha value is -2.04. The van der Waals surface area contributed by atoms with E-state index in [0.717, 1.165) is 18.4 Å². The number of alkyl carbamates (subject to hydrolysis) is 1. The average Bonchev–Trinajstić information content (AvgIpc) is 2.76. The number of amides is 1. The molecule has 0 aliphatic rings. The van der Waals surface area contributed by atoms with E-state index in [4.69, 9.17) is 9.47 Å². The van der Waals surface area contributed by atoms with E-state index in [1.165, 1.54) is 51.4 Å². The summed E-state index contributed by atoms with van der Waals surface area (Å²) >= 11 is 0. The molecular formula is C26H43NO4. The van der Waals surface area contributed by atoms with Crippen molar-refractivity contribution in [2.45, 2.75) is 97.4 Å². The van der Waals surface area contributed by atoms with Gasteiger partial charge in [0.2, 0.25) is 0 Å². The Kier molecular flexibility index (Phi) is 15.3. The maximum Gasteiger partial charge on any atom is 0.407 e. The van der Waals surface area contributed by atoms with Crippen LogP contribution in [0.15, 0.2) is 30.3 Å². The number of rotatable bonds is 17. The van der Waals surface area contributed by atoms with Crippen molar-refractivity contribution < 1.29 is 19.1 Å².